The summed E-state index contributed by atoms with van der Waals surface area (Å²) in [6.07, 6.45) is 0. The Hall–Kier alpha value is -2.16. The smallest absolute Gasteiger partial charge is 0.335 e. The Kier molecular flexibility index (Phi) is 9.48. The van der Waals surface area contributed by atoms with E-state index < -0.39 is 18.0 Å². The Bertz CT molecular complexity index is 889. The lowest BCUT2D eigenvalue weighted by Gasteiger charge is -2.36. The predicted molar refractivity (Wildman–Crippen MR) is 128 cm³/mol. The third kappa shape index (κ3) is 5.24. The van der Waals surface area contributed by atoms with Crippen molar-refractivity contribution in [1.82, 2.24) is 9.80 Å². The minimum Gasteiger partial charge on any atom is -0.480 e. The number of hydrogen-bond donors (Lipinski definition) is 2. The molecule has 3 N–H and O–H groups in total. The van der Waals surface area contributed by atoms with Gasteiger partial charge in [0.1, 0.15) is 6.61 Å². The van der Waals surface area contributed by atoms with E-state index in [0.717, 1.165) is 28.8 Å². The van der Waals surface area contributed by atoms with Crippen molar-refractivity contribution < 1.29 is 19.4 Å². The van der Waals surface area contributed by atoms with Crippen molar-refractivity contribution in [2.45, 2.75) is 12.0 Å². The van der Waals surface area contributed by atoms with Gasteiger partial charge in [0.15, 0.2) is 0 Å². The molecule has 1 unspecified atom stereocenters. The number of carbonyl (C=O) groups excluding carboxylic acids is 1. The molecule has 1 heterocycles. The van der Waals surface area contributed by atoms with Crippen LogP contribution >= 0.6 is 24.8 Å². The average molecular weight is 482 g/mol. The third-order valence-electron chi connectivity index (χ3n) is 6.03. The van der Waals surface area contributed by atoms with Crippen molar-refractivity contribution in [2.75, 3.05) is 45.9 Å². The van der Waals surface area contributed by atoms with Gasteiger partial charge in [-0.05, 0) is 22.3 Å². The fourth-order valence-corrected chi connectivity index (χ4v) is 4.52. The quantitative estimate of drug-likeness (QED) is 0.462. The largest absolute Gasteiger partial charge is 0.480 e. The number of esters is 1. The molecule has 7 nitrogen and oxygen atoms in total. The zero-order valence-electron chi connectivity index (χ0n) is 17.7. The molecule has 1 atom stereocenters. The summed E-state index contributed by atoms with van der Waals surface area (Å²) in [6, 6.07) is 14.9. The van der Waals surface area contributed by atoms with Crippen LogP contribution in [0, 0.1) is 0 Å². The van der Waals surface area contributed by atoms with Crippen LogP contribution in [0.2, 0.25) is 0 Å². The van der Waals surface area contributed by atoms with Crippen molar-refractivity contribution >= 4 is 36.8 Å². The highest BCUT2D eigenvalue weighted by Crippen LogP contribution is 2.44. The number of halogens is 2. The van der Waals surface area contributed by atoms with E-state index in [9.17, 15) is 14.7 Å². The highest BCUT2D eigenvalue weighted by molar-refractivity contribution is 5.98. The molecule has 1 aliphatic carbocycles. The summed E-state index contributed by atoms with van der Waals surface area (Å²) < 4.78 is 5.60. The Morgan fingerprint density at radius 1 is 0.969 bits per heavy atom. The fourth-order valence-electron chi connectivity index (χ4n) is 4.52. The van der Waals surface area contributed by atoms with Gasteiger partial charge in [0, 0.05) is 45.2 Å². The third-order valence-corrected chi connectivity index (χ3v) is 6.03. The molecule has 4 rings (SSSR count). The van der Waals surface area contributed by atoms with E-state index in [1.807, 2.05) is 36.4 Å². The van der Waals surface area contributed by atoms with E-state index in [-0.39, 0.29) is 37.3 Å². The monoisotopic (exact) mass is 481 g/mol. The molecule has 1 saturated heterocycles. The Balaban J connectivity index is 0.00000181. The predicted octanol–water partition coefficient (Wildman–Crippen LogP) is 2.22. The van der Waals surface area contributed by atoms with Gasteiger partial charge in [0.2, 0.25) is 6.04 Å². The maximum Gasteiger partial charge on any atom is 0.335 e. The van der Waals surface area contributed by atoms with Crippen LogP contribution in [0.5, 0.6) is 0 Å². The molecule has 9 heteroatoms. The number of carboxylic acid groups (broad SMARTS) is 1. The number of fused-ring (bicyclic) bond motifs is 3. The van der Waals surface area contributed by atoms with E-state index in [4.69, 9.17) is 10.5 Å². The van der Waals surface area contributed by atoms with Crippen LogP contribution in [-0.2, 0) is 14.3 Å². The van der Waals surface area contributed by atoms with Crippen molar-refractivity contribution in [3.63, 3.8) is 0 Å². The minimum absolute atomic E-state index is 0. The van der Waals surface area contributed by atoms with Crippen LogP contribution in [0.25, 0.3) is 11.1 Å². The molecule has 1 fully saturated rings. The highest BCUT2D eigenvalue weighted by atomic mass is 35.5. The van der Waals surface area contributed by atoms with Crippen LogP contribution in [0.4, 0.5) is 0 Å². The molecule has 174 valence electrons. The molecule has 0 radical (unpaired) electrons. The number of nitrogens with two attached hydrogens (primary N) is 1. The van der Waals surface area contributed by atoms with Crippen molar-refractivity contribution in [2.24, 2.45) is 5.73 Å². The van der Waals surface area contributed by atoms with E-state index in [2.05, 4.69) is 17.0 Å². The van der Waals surface area contributed by atoms with Gasteiger partial charge in [0.25, 0.3) is 0 Å². The summed E-state index contributed by atoms with van der Waals surface area (Å²) in [5.74, 6) is -1.95. The molecule has 2 aromatic carbocycles. The first kappa shape index (κ1) is 26.1. The highest BCUT2D eigenvalue weighted by Gasteiger charge is 2.37. The summed E-state index contributed by atoms with van der Waals surface area (Å²) in [6.45, 7) is 3.85. The number of carboxylic acids is 1. The standard InChI is InChI=1S/C23H27N3O4.2ClH/c24-9-10-25-11-13-26(14-12-25)21(22(27)28)23(29)30-15-20-18-7-3-1-5-16(18)17-6-2-4-8-19(17)20;;/h1-8,20-21H,9-15,24H2,(H,27,28);2*1H. The maximum atomic E-state index is 12.8. The first-order chi connectivity index (χ1) is 14.6. The van der Waals surface area contributed by atoms with Crippen LogP contribution < -0.4 is 5.73 Å². The fraction of sp³-hybridized carbons (Fsp3) is 0.391. The number of aliphatic carboxylic acids is 1. The lowest BCUT2D eigenvalue weighted by Crippen LogP contribution is -2.56. The normalized spacial score (nSPS) is 16.8. The van der Waals surface area contributed by atoms with Gasteiger partial charge in [-0.15, -0.1) is 24.8 Å². The van der Waals surface area contributed by atoms with Gasteiger partial charge >= 0.3 is 11.9 Å². The zero-order chi connectivity index (χ0) is 21.1. The van der Waals surface area contributed by atoms with Crippen LogP contribution in [-0.4, -0.2) is 78.8 Å². The van der Waals surface area contributed by atoms with Crippen LogP contribution in [0.15, 0.2) is 48.5 Å². The van der Waals surface area contributed by atoms with Crippen LogP contribution in [0.3, 0.4) is 0 Å². The van der Waals surface area contributed by atoms with Gasteiger partial charge in [0.05, 0.1) is 0 Å². The second-order valence-corrected chi connectivity index (χ2v) is 7.76. The molecule has 0 saturated carbocycles. The summed E-state index contributed by atoms with van der Waals surface area (Å²) in [5, 5.41) is 9.70. The van der Waals surface area contributed by atoms with Gasteiger partial charge in [-0.3, -0.25) is 9.80 Å². The molecule has 0 bridgehead atoms. The number of hydrogen-bond acceptors (Lipinski definition) is 6. The van der Waals surface area contributed by atoms with Gasteiger partial charge in [-0.2, -0.15) is 0 Å². The van der Waals surface area contributed by atoms with E-state index in [1.54, 1.807) is 4.90 Å². The lowest BCUT2D eigenvalue weighted by atomic mass is 9.98. The van der Waals surface area contributed by atoms with Crippen molar-refractivity contribution in [1.29, 1.82) is 0 Å². The number of rotatable bonds is 7. The topological polar surface area (TPSA) is 96.1 Å². The van der Waals surface area contributed by atoms with Gasteiger partial charge < -0.3 is 15.6 Å². The molecular weight excluding hydrogens is 453 g/mol. The lowest BCUT2D eigenvalue weighted by molar-refractivity contribution is -0.161. The Labute approximate surface area is 200 Å². The van der Waals surface area contributed by atoms with Crippen molar-refractivity contribution in [3.05, 3.63) is 59.7 Å². The Morgan fingerprint density at radius 3 is 2.00 bits per heavy atom. The maximum absolute atomic E-state index is 12.8. The number of nitrogens with zero attached hydrogens (tertiary/aromatic N) is 2. The first-order valence-corrected chi connectivity index (χ1v) is 10.3. The second kappa shape index (κ2) is 11.6. The average Bonchev–Trinajstić information content (AvgIpc) is 3.07. The Morgan fingerprint density at radius 2 is 1.50 bits per heavy atom. The van der Waals surface area contributed by atoms with E-state index in [0.29, 0.717) is 32.7 Å². The van der Waals surface area contributed by atoms with E-state index in [1.165, 1.54) is 0 Å². The number of benzene rings is 2. The molecular formula is C23H29Cl2N3O4. The molecule has 0 amide bonds. The van der Waals surface area contributed by atoms with Gasteiger partial charge in [-0.1, -0.05) is 48.5 Å². The molecule has 1 aliphatic heterocycles. The summed E-state index contributed by atoms with van der Waals surface area (Å²) in [7, 11) is 0. The second-order valence-electron chi connectivity index (χ2n) is 7.76. The molecule has 2 aliphatic rings. The number of ether oxygens (including phenoxy) is 1. The van der Waals surface area contributed by atoms with E-state index >= 15 is 0 Å². The first-order valence-electron chi connectivity index (χ1n) is 10.3. The summed E-state index contributed by atoms with van der Waals surface area (Å²) >= 11 is 0. The summed E-state index contributed by atoms with van der Waals surface area (Å²) in [5.41, 5.74) is 10.1. The SMILES string of the molecule is Cl.Cl.NCCN1CCN(C(C(=O)O)C(=O)OCC2c3ccccc3-c3ccccc32)CC1. The minimum atomic E-state index is -1.28. The number of piperazine rings is 1. The van der Waals surface area contributed by atoms with Gasteiger partial charge in [-0.25, -0.2) is 9.59 Å². The summed E-state index contributed by atoms with van der Waals surface area (Å²) in [4.78, 5) is 28.5. The molecule has 0 spiro atoms. The molecule has 0 aromatic heterocycles. The molecule has 32 heavy (non-hydrogen) atoms. The zero-order valence-corrected chi connectivity index (χ0v) is 19.3. The molecule has 2 aromatic rings. The van der Waals surface area contributed by atoms with Crippen LogP contribution in [0.1, 0.15) is 17.0 Å². The van der Waals surface area contributed by atoms with Crippen molar-refractivity contribution in [3.8, 4) is 11.1 Å². The number of carbonyl (C=O) groups is 2.